The quantitative estimate of drug-likeness (QED) is 0.925. The molecule has 1 aromatic rings. The molecular formula is C9H10Cl2N2O3S. The van der Waals surface area contributed by atoms with Crippen LogP contribution in [-0.4, -0.2) is 21.4 Å². The molecule has 5 nitrogen and oxygen atoms in total. The number of benzene rings is 1. The molecular weight excluding hydrogens is 287 g/mol. The van der Waals surface area contributed by atoms with Crippen molar-refractivity contribution >= 4 is 45.0 Å². The first kappa shape index (κ1) is 14.1. The van der Waals surface area contributed by atoms with E-state index in [1.807, 2.05) is 4.72 Å². The van der Waals surface area contributed by atoms with E-state index < -0.39 is 16.1 Å². The maximum atomic E-state index is 11.7. The van der Waals surface area contributed by atoms with E-state index in [2.05, 4.69) is 0 Å². The Balaban J connectivity index is 3.12. The average molecular weight is 297 g/mol. The molecule has 0 spiro atoms. The van der Waals surface area contributed by atoms with Crippen molar-refractivity contribution < 1.29 is 13.2 Å². The molecule has 0 aliphatic rings. The van der Waals surface area contributed by atoms with E-state index in [4.69, 9.17) is 23.2 Å². The lowest BCUT2D eigenvalue weighted by Gasteiger charge is -2.19. The summed E-state index contributed by atoms with van der Waals surface area (Å²) in [6.45, 7) is 1.11. The van der Waals surface area contributed by atoms with Crippen molar-refractivity contribution in [3.05, 3.63) is 28.2 Å². The van der Waals surface area contributed by atoms with Crippen LogP contribution < -0.4 is 9.03 Å². The fraction of sp³-hybridized carbons (Fsp3) is 0.222. The Labute approximate surface area is 110 Å². The van der Waals surface area contributed by atoms with E-state index in [0.717, 1.165) is 11.2 Å². The van der Waals surface area contributed by atoms with Gasteiger partial charge in [-0.15, -0.1) is 0 Å². The smallest absolute Gasteiger partial charge is 0.274 e. The lowest BCUT2D eigenvalue weighted by molar-refractivity contribution is -0.117. The van der Waals surface area contributed by atoms with Gasteiger partial charge in [-0.25, -0.2) is 4.72 Å². The van der Waals surface area contributed by atoms with Crippen LogP contribution in [0.1, 0.15) is 6.92 Å². The van der Waals surface area contributed by atoms with Gasteiger partial charge >= 0.3 is 10.2 Å². The van der Waals surface area contributed by atoms with Gasteiger partial charge in [0.1, 0.15) is 0 Å². The molecule has 0 aromatic heterocycles. The largest absolute Gasteiger partial charge is 0.325 e. The van der Waals surface area contributed by atoms with Crippen LogP contribution in [0.4, 0.5) is 5.69 Å². The molecule has 1 N–H and O–H groups in total. The predicted molar refractivity (Wildman–Crippen MR) is 67.6 cm³/mol. The van der Waals surface area contributed by atoms with E-state index in [1.54, 1.807) is 0 Å². The average Bonchev–Trinajstić information content (AvgIpc) is 2.12. The second-order valence-corrected chi connectivity index (χ2v) is 5.83. The molecule has 8 heteroatoms. The maximum absolute atomic E-state index is 11.7. The van der Waals surface area contributed by atoms with Crippen LogP contribution in [0.15, 0.2) is 18.2 Å². The van der Waals surface area contributed by atoms with Crippen LogP contribution in [0.2, 0.25) is 10.0 Å². The molecule has 0 saturated carbocycles. The predicted octanol–water partition coefficient (Wildman–Crippen LogP) is 1.81. The van der Waals surface area contributed by atoms with E-state index in [-0.39, 0.29) is 5.69 Å². The van der Waals surface area contributed by atoms with Gasteiger partial charge in [-0.2, -0.15) is 8.42 Å². The van der Waals surface area contributed by atoms with Gasteiger partial charge < -0.3 is 0 Å². The molecule has 0 atom stereocenters. The number of carbonyl (C=O) groups is 1. The highest BCUT2D eigenvalue weighted by molar-refractivity contribution is 7.91. The third kappa shape index (κ3) is 3.76. The van der Waals surface area contributed by atoms with Gasteiger partial charge in [-0.05, 0) is 18.2 Å². The summed E-state index contributed by atoms with van der Waals surface area (Å²) in [5, 5.41) is 0.606. The summed E-state index contributed by atoms with van der Waals surface area (Å²) in [6, 6.07) is 4.32. The van der Waals surface area contributed by atoms with Gasteiger partial charge in [-0.1, -0.05) is 23.2 Å². The number of rotatable bonds is 3. The summed E-state index contributed by atoms with van der Waals surface area (Å²) >= 11 is 11.5. The lowest BCUT2D eigenvalue weighted by Crippen LogP contribution is -2.40. The van der Waals surface area contributed by atoms with E-state index in [9.17, 15) is 13.2 Å². The first-order chi connectivity index (χ1) is 7.72. The number of anilines is 1. The highest BCUT2D eigenvalue weighted by Crippen LogP contribution is 2.25. The maximum Gasteiger partial charge on any atom is 0.325 e. The van der Waals surface area contributed by atoms with Gasteiger partial charge in [0.15, 0.2) is 0 Å². The number of amides is 1. The normalized spacial score (nSPS) is 11.1. The Hall–Kier alpha value is -0.980. The minimum absolute atomic E-state index is 0.260. The van der Waals surface area contributed by atoms with Crippen molar-refractivity contribution in [2.75, 3.05) is 11.4 Å². The first-order valence-corrected chi connectivity index (χ1v) is 6.65. The molecule has 1 aromatic carbocycles. The zero-order valence-corrected chi connectivity index (χ0v) is 11.4. The third-order valence-electron chi connectivity index (χ3n) is 1.84. The molecule has 0 bridgehead atoms. The molecule has 0 unspecified atom stereocenters. The van der Waals surface area contributed by atoms with Crippen molar-refractivity contribution in [1.82, 2.24) is 4.72 Å². The molecule has 0 aliphatic heterocycles. The summed E-state index contributed by atoms with van der Waals surface area (Å²) in [4.78, 5) is 10.8. The first-order valence-electron chi connectivity index (χ1n) is 4.45. The molecule has 1 amide bonds. The van der Waals surface area contributed by atoms with Gasteiger partial charge in [-0.3, -0.25) is 9.10 Å². The molecule has 17 heavy (non-hydrogen) atoms. The fourth-order valence-electron chi connectivity index (χ4n) is 1.11. The topological polar surface area (TPSA) is 66.5 Å². The Bertz CT molecular complexity index is 525. The Kier molecular flexibility index (Phi) is 4.24. The number of halogens is 2. The van der Waals surface area contributed by atoms with Gasteiger partial charge in [0, 0.05) is 24.0 Å². The highest BCUT2D eigenvalue weighted by Gasteiger charge is 2.19. The summed E-state index contributed by atoms with van der Waals surface area (Å²) in [7, 11) is -2.64. The van der Waals surface area contributed by atoms with Crippen LogP contribution in [-0.2, 0) is 15.0 Å². The van der Waals surface area contributed by atoms with Crippen LogP contribution in [0.3, 0.4) is 0 Å². The third-order valence-corrected chi connectivity index (χ3v) is 3.76. The van der Waals surface area contributed by atoms with Gasteiger partial charge in [0.05, 0.1) is 5.69 Å². The Morgan fingerprint density at radius 3 is 2.12 bits per heavy atom. The number of carbonyl (C=O) groups excluding carboxylic acids is 1. The van der Waals surface area contributed by atoms with Crippen LogP contribution in [0.5, 0.6) is 0 Å². The molecule has 1 rings (SSSR count). The second-order valence-electron chi connectivity index (χ2n) is 3.26. The van der Waals surface area contributed by atoms with Crippen molar-refractivity contribution in [3.8, 4) is 0 Å². The number of nitrogens with zero attached hydrogens (tertiary/aromatic N) is 1. The molecule has 94 valence electrons. The monoisotopic (exact) mass is 296 g/mol. The van der Waals surface area contributed by atoms with Crippen molar-refractivity contribution in [2.24, 2.45) is 0 Å². The minimum atomic E-state index is -3.93. The fourth-order valence-corrected chi connectivity index (χ4v) is 2.51. The highest BCUT2D eigenvalue weighted by atomic mass is 35.5. The van der Waals surface area contributed by atoms with Crippen molar-refractivity contribution in [3.63, 3.8) is 0 Å². The summed E-state index contributed by atoms with van der Waals surface area (Å²) in [5.41, 5.74) is 0.260. The van der Waals surface area contributed by atoms with Crippen LogP contribution in [0.25, 0.3) is 0 Å². The van der Waals surface area contributed by atoms with Crippen LogP contribution in [0, 0.1) is 0 Å². The SMILES string of the molecule is CC(=O)NS(=O)(=O)N(C)c1cc(Cl)cc(Cl)c1. The van der Waals surface area contributed by atoms with Crippen molar-refractivity contribution in [2.45, 2.75) is 6.92 Å². The van der Waals surface area contributed by atoms with E-state index in [1.165, 1.54) is 25.2 Å². The van der Waals surface area contributed by atoms with Gasteiger partial charge in [0.2, 0.25) is 5.91 Å². The Morgan fingerprint density at radius 2 is 1.71 bits per heavy atom. The summed E-state index contributed by atoms with van der Waals surface area (Å²) < 4.78 is 26.1. The molecule has 0 heterocycles. The standard InChI is InChI=1S/C9H10Cl2N2O3S/c1-6(14)12-17(15,16)13(2)9-4-7(10)3-8(11)5-9/h3-5H,1-2H3,(H,12,14). The molecule has 0 fully saturated rings. The number of hydrogen-bond acceptors (Lipinski definition) is 3. The van der Waals surface area contributed by atoms with E-state index in [0.29, 0.717) is 10.0 Å². The molecule has 0 aliphatic carbocycles. The van der Waals surface area contributed by atoms with Gasteiger partial charge in [0.25, 0.3) is 0 Å². The second kappa shape index (κ2) is 5.12. The zero-order chi connectivity index (χ0) is 13.2. The number of hydrogen-bond donors (Lipinski definition) is 1. The number of nitrogens with one attached hydrogen (secondary N) is 1. The Morgan fingerprint density at radius 1 is 1.24 bits per heavy atom. The molecule has 0 saturated heterocycles. The zero-order valence-electron chi connectivity index (χ0n) is 9.07. The molecule has 0 radical (unpaired) electrons. The summed E-state index contributed by atoms with van der Waals surface area (Å²) in [5.74, 6) is -0.676. The van der Waals surface area contributed by atoms with E-state index >= 15 is 0 Å². The van der Waals surface area contributed by atoms with Crippen LogP contribution >= 0.6 is 23.2 Å². The summed E-state index contributed by atoms with van der Waals surface area (Å²) in [6.07, 6.45) is 0. The lowest BCUT2D eigenvalue weighted by atomic mass is 10.3. The minimum Gasteiger partial charge on any atom is -0.274 e. The van der Waals surface area contributed by atoms with Crippen molar-refractivity contribution in [1.29, 1.82) is 0 Å².